The summed E-state index contributed by atoms with van der Waals surface area (Å²) in [6.07, 6.45) is 8.88. The molecule has 1 aromatic carbocycles. The van der Waals surface area contributed by atoms with Gasteiger partial charge in [0, 0.05) is 29.9 Å². The fourth-order valence-electron chi connectivity index (χ4n) is 3.66. The van der Waals surface area contributed by atoms with Gasteiger partial charge in [-0.3, -0.25) is 9.48 Å². The number of fused-ring (bicyclic) bond motifs is 1. The summed E-state index contributed by atoms with van der Waals surface area (Å²) in [5.74, 6) is 1.52. The van der Waals surface area contributed by atoms with Crippen LogP contribution in [0.5, 0.6) is 0 Å². The number of rotatable bonds is 9. The number of anilines is 2. The maximum atomic E-state index is 10.5. The minimum Gasteiger partial charge on any atom is -0.383 e. The van der Waals surface area contributed by atoms with Crippen molar-refractivity contribution in [3.8, 4) is 11.3 Å². The maximum absolute atomic E-state index is 10.5. The Morgan fingerprint density at radius 3 is 2.64 bits per heavy atom. The molecule has 1 amide bonds. The molecule has 0 unspecified atom stereocenters. The van der Waals surface area contributed by atoms with E-state index in [-0.39, 0.29) is 0 Å². The van der Waals surface area contributed by atoms with Crippen molar-refractivity contribution in [2.24, 2.45) is 5.73 Å². The number of pyridine rings is 2. The largest absolute Gasteiger partial charge is 0.383 e. The van der Waals surface area contributed by atoms with Crippen LogP contribution >= 0.6 is 23.2 Å². The smallest absolute Gasteiger partial charge is 0.212 e. The van der Waals surface area contributed by atoms with E-state index in [2.05, 4.69) is 26.6 Å². The summed E-state index contributed by atoms with van der Waals surface area (Å²) < 4.78 is 7.23. The molecular formula is C25H27Cl2N7O2. The average Bonchev–Trinajstić information content (AvgIpc) is 3.60. The molecule has 5 rings (SSSR count). The van der Waals surface area contributed by atoms with Gasteiger partial charge in [-0.2, -0.15) is 5.10 Å². The molecule has 1 saturated carbocycles. The highest BCUT2D eigenvalue weighted by Crippen LogP contribution is 2.39. The lowest BCUT2D eigenvalue weighted by molar-refractivity contribution is -0.105. The number of carbonyl (C=O) groups excluding carboxylic acids is 1. The molecule has 3 heterocycles. The summed E-state index contributed by atoms with van der Waals surface area (Å²) >= 11 is 12.4. The predicted molar refractivity (Wildman–Crippen MR) is 143 cm³/mol. The first-order valence-electron chi connectivity index (χ1n) is 11.5. The molecule has 5 N–H and O–H groups in total. The fourth-order valence-corrected chi connectivity index (χ4v) is 4.25. The molecule has 11 heteroatoms. The van der Waals surface area contributed by atoms with E-state index in [1.165, 1.54) is 18.4 Å². The molecule has 0 bridgehead atoms. The standard InChI is InChI=1S/C15H10Cl2N4O.C10H17N3O/c16-10-2-1-3-11(17)14(10)12-4-8-5-13(20-7-22)19-6-9(8)15(18)21-12;11-3-5-14-6-4-13-8-10(7-12-13)9-1-2-9/h1-7H,(H2,18,21)(H,19,20,22);7-9H,1-6,11H2. The molecule has 188 valence electrons. The zero-order chi connectivity index (χ0) is 25.5. The number of nitrogens with one attached hydrogen (secondary N) is 1. The quantitative estimate of drug-likeness (QED) is 0.215. The highest BCUT2D eigenvalue weighted by atomic mass is 35.5. The van der Waals surface area contributed by atoms with Gasteiger partial charge in [0.15, 0.2) is 0 Å². The van der Waals surface area contributed by atoms with Crippen LogP contribution in [0.25, 0.3) is 22.0 Å². The van der Waals surface area contributed by atoms with E-state index in [0.29, 0.717) is 64.5 Å². The SMILES string of the molecule is NCCOCCn1cc(C2CC2)cn1.Nc1nc(-c2c(Cl)cccc2Cl)cc2cc(NC=O)ncc12. The third-order valence-corrected chi connectivity index (χ3v) is 6.23. The van der Waals surface area contributed by atoms with Gasteiger partial charge in [0.2, 0.25) is 6.41 Å². The number of nitrogen functional groups attached to an aromatic ring is 1. The predicted octanol–water partition coefficient (Wildman–Crippen LogP) is 4.49. The van der Waals surface area contributed by atoms with Gasteiger partial charge < -0.3 is 21.5 Å². The lowest BCUT2D eigenvalue weighted by Gasteiger charge is -2.10. The summed E-state index contributed by atoms with van der Waals surface area (Å²) in [4.78, 5) is 19.0. The molecule has 3 aromatic heterocycles. The number of carbonyl (C=O) groups is 1. The second-order valence-corrected chi connectivity index (χ2v) is 9.07. The van der Waals surface area contributed by atoms with E-state index >= 15 is 0 Å². The Bertz CT molecular complexity index is 1320. The molecular weight excluding hydrogens is 501 g/mol. The lowest BCUT2D eigenvalue weighted by atomic mass is 10.1. The third-order valence-electron chi connectivity index (χ3n) is 5.60. The number of hydrogen-bond donors (Lipinski definition) is 3. The van der Waals surface area contributed by atoms with E-state index in [9.17, 15) is 4.79 Å². The van der Waals surface area contributed by atoms with Crippen LogP contribution in [0.2, 0.25) is 10.0 Å². The molecule has 1 aliphatic rings. The van der Waals surface area contributed by atoms with Crippen LogP contribution in [0.15, 0.2) is 48.9 Å². The van der Waals surface area contributed by atoms with Crippen molar-refractivity contribution < 1.29 is 9.53 Å². The molecule has 1 aliphatic carbocycles. The van der Waals surface area contributed by atoms with Crippen LogP contribution in [0.1, 0.15) is 24.3 Å². The number of nitrogens with zero attached hydrogens (tertiary/aromatic N) is 4. The highest BCUT2D eigenvalue weighted by molar-refractivity contribution is 6.39. The summed E-state index contributed by atoms with van der Waals surface area (Å²) in [7, 11) is 0. The maximum Gasteiger partial charge on any atom is 0.212 e. The van der Waals surface area contributed by atoms with Crippen molar-refractivity contribution in [3.63, 3.8) is 0 Å². The first-order chi connectivity index (χ1) is 17.5. The van der Waals surface area contributed by atoms with Crippen LogP contribution in [0.4, 0.5) is 11.6 Å². The number of nitrogens with two attached hydrogens (primary N) is 2. The van der Waals surface area contributed by atoms with Crippen molar-refractivity contribution in [2.45, 2.75) is 25.3 Å². The van der Waals surface area contributed by atoms with Gasteiger partial charge in [0.1, 0.15) is 11.6 Å². The Balaban J connectivity index is 0.000000187. The molecule has 9 nitrogen and oxygen atoms in total. The minimum absolute atomic E-state index is 0.314. The number of hydrogen-bond acceptors (Lipinski definition) is 7. The monoisotopic (exact) mass is 527 g/mol. The zero-order valence-electron chi connectivity index (χ0n) is 19.5. The van der Waals surface area contributed by atoms with Gasteiger partial charge >= 0.3 is 0 Å². The van der Waals surface area contributed by atoms with E-state index in [0.717, 1.165) is 17.8 Å². The first kappa shape index (κ1) is 25.8. The van der Waals surface area contributed by atoms with Crippen molar-refractivity contribution in [2.75, 3.05) is 30.8 Å². The number of benzene rings is 1. The summed E-state index contributed by atoms with van der Waals surface area (Å²) in [5, 5.41) is 9.21. The molecule has 36 heavy (non-hydrogen) atoms. The highest BCUT2D eigenvalue weighted by Gasteiger charge is 2.24. The molecule has 0 saturated heterocycles. The lowest BCUT2D eigenvalue weighted by Crippen LogP contribution is -2.12. The Hall–Kier alpha value is -3.24. The number of amides is 1. The van der Waals surface area contributed by atoms with Gasteiger partial charge in [-0.15, -0.1) is 0 Å². The second-order valence-electron chi connectivity index (χ2n) is 8.25. The van der Waals surface area contributed by atoms with Crippen molar-refractivity contribution in [1.82, 2.24) is 19.7 Å². The van der Waals surface area contributed by atoms with Crippen LogP contribution in [-0.4, -0.2) is 45.9 Å². The van der Waals surface area contributed by atoms with Crippen LogP contribution in [0.3, 0.4) is 0 Å². The second kappa shape index (κ2) is 12.1. The van der Waals surface area contributed by atoms with Crippen LogP contribution in [0, 0.1) is 0 Å². The molecule has 4 aromatic rings. The average molecular weight is 528 g/mol. The molecule has 0 spiro atoms. The Labute approximate surface area is 218 Å². The Morgan fingerprint density at radius 2 is 1.94 bits per heavy atom. The molecule has 1 fully saturated rings. The summed E-state index contributed by atoms with van der Waals surface area (Å²) in [6.45, 7) is 2.75. The van der Waals surface area contributed by atoms with Gasteiger partial charge in [-0.1, -0.05) is 29.3 Å². The minimum atomic E-state index is 0.314. The van der Waals surface area contributed by atoms with Crippen molar-refractivity contribution >= 4 is 52.0 Å². The number of ether oxygens (including phenoxy) is 1. The fraction of sp³-hybridized carbons (Fsp3) is 0.280. The zero-order valence-corrected chi connectivity index (χ0v) is 21.0. The third kappa shape index (κ3) is 6.50. The Kier molecular flexibility index (Phi) is 8.71. The first-order valence-corrected chi connectivity index (χ1v) is 12.3. The summed E-state index contributed by atoms with van der Waals surface area (Å²) in [6, 6.07) is 8.73. The van der Waals surface area contributed by atoms with Crippen LogP contribution in [-0.2, 0) is 16.1 Å². The van der Waals surface area contributed by atoms with Gasteiger partial charge in [0.05, 0.1) is 41.7 Å². The Morgan fingerprint density at radius 1 is 1.17 bits per heavy atom. The topological polar surface area (TPSA) is 134 Å². The van der Waals surface area contributed by atoms with Gasteiger partial charge in [-0.05, 0) is 54.0 Å². The molecule has 0 radical (unpaired) electrons. The van der Waals surface area contributed by atoms with Gasteiger partial charge in [-0.25, -0.2) is 9.97 Å². The summed E-state index contributed by atoms with van der Waals surface area (Å²) in [5.41, 5.74) is 13.9. The van der Waals surface area contributed by atoms with E-state index in [1.54, 1.807) is 36.5 Å². The van der Waals surface area contributed by atoms with E-state index < -0.39 is 0 Å². The number of halogens is 2. The van der Waals surface area contributed by atoms with Gasteiger partial charge in [0.25, 0.3) is 0 Å². The van der Waals surface area contributed by atoms with Crippen molar-refractivity contribution in [1.29, 1.82) is 0 Å². The van der Waals surface area contributed by atoms with Crippen LogP contribution < -0.4 is 16.8 Å². The normalized spacial score (nSPS) is 12.8. The van der Waals surface area contributed by atoms with Crippen molar-refractivity contribution in [3.05, 3.63) is 64.5 Å². The molecule has 0 aliphatic heterocycles. The van der Waals surface area contributed by atoms with E-state index in [4.69, 9.17) is 39.4 Å². The molecule has 0 atom stereocenters. The van der Waals surface area contributed by atoms with E-state index in [1.807, 2.05) is 10.9 Å². The number of aromatic nitrogens is 4.